The zero-order chi connectivity index (χ0) is 24.8. The molecule has 0 saturated heterocycles. The van der Waals surface area contributed by atoms with Gasteiger partial charge in [0.15, 0.2) is 11.5 Å². The predicted octanol–water partition coefficient (Wildman–Crippen LogP) is 3.11. The molecule has 0 aliphatic heterocycles. The minimum Gasteiger partial charge on any atom is -0.468 e. The number of ether oxygens (including phenoxy) is 4. The van der Waals surface area contributed by atoms with E-state index in [4.69, 9.17) is 18.9 Å². The maximum Gasteiger partial charge on any atom is 0.323 e. The summed E-state index contributed by atoms with van der Waals surface area (Å²) in [6, 6.07) is 4.06. The summed E-state index contributed by atoms with van der Waals surface area (Å²) in [5, 5.41) is 3.05. The molecule has 2 atom stereocenters. The Kier molecular flexibility index (Phi) is 12.8. The monoisotopic (exact) mass is 465 g/mol. The summed E-state index contributed by atoms with van der Waals surface area (Å²) in [6.07, 6.45) is 1.73. The van der Waals surface area contributed by atoms with Crippen LogP contribution in [0, 0.1) is 0 Å². The first kappa shape index (κ1) is 28.1. The van der Waals surface area contributed by atoms with Crippen LogP contribution in [0.5, 0.6) is 11.5 Å². The van der Waals surface area contributed by atoms with Crippen LogP contribution in [0.4, 0.5) is 0 Å². The van der Waals surface area contributed by atoms with Gasteiger partial charge in [0.25, 0.3) is 0 Å². The largest absolute Gasteiger partial charge is 0.468 e. The molecule has 184 valence electrons. The number of hydrogen-bond donors (Lipinski definition) is 1. The third-order valence-corrected chi connectivity index (χ3v) is 4.56. The van der Waals surface area contributed by atoms with Gasteiger partial charge >= 0.3 is 23.9 Å². The van der Waals surface area contributed by atoms with Gasteiger partial charge in [0.2, 0.25) is 0 Å². The predicted molar refractivity (Wildman–Crippen MR) is 121 cm³/mol. The highest BCUT2D eigenvalue weighted by atomic mass is 16.6. The minimum atomic E-state index is -0.731. The van der Waals surface area contributed by atoms with Gasteiger partial charge in [-0.3, -0.25) is 19.2 Å². The average Bonchev–Trinajstić information content (AvgIpc) is 2.77. The van der Waals surface area contributed by atoms with E-state index in [-0.39, 0.29) is 49.7 Å². The van der Waals surface area contributed by atoms with E-state index in [9.17, 15) is 19.2 Å². The smallest absolute Gasteiger partial charge is 0.323 e. The molecule has 0 aliphatic carbocycles. The Morgan fingerprint density at radius 2 is 1.52 bits per heavy atom. The van der Waals surface area contributed by atoms with Gasteiger partial charge in [0, 0.05) is 25.8 Å². The van der Waals surface area contributed by atoms with Crippen LogP contribution < -0.4 is 14.8 Å². The van der Waals surface area contributed by atoms with Gasteiger partial charge in [-0.25, -0.2) is 0 Å². The molecule has 1 aromatic rings. The standard InChI is InChI=1S/C24H35NO8/c1-6-9-22(27)32-19-12-11-17(14-20(19)33-23(28)10-7-2)13-18(24(29)30-5)25-15-16(4)31-21(26)8-3/h11-12,14,16,18,25H,6-10,13,15H2,1-5H3/t16?,18-/m0/s1. The first-order valence-electron chi connectivity index (χ1n) is 11.3. The van der Waals surface area contributed by atoms with Crippen molar-refractivity contribution in [2.24, 2.45) is 0 Å². The molecule has 1 N–H and O–H groups in total. The van der Waals surface area contributed by atoms with Gasteiger partial charge in [-0.1, -0.05) is 26.8 Å². The summed E-state index contributed by atoms with van der Waals surface area (Å²) in [5.74, 6) is -1.44. The van der Waals surface area contributed by atoms with Gasteiger partial charge in [-0.15, -0.1) is 0 Å². The normalized spacial score (nSPS) is 12.4. The Bertz CT molecular complexity index is 808. The second-order valence-electron chi connectivity index (χ2n) is 7.57. The van der Waals surface area contributed by atoms with Crippen molar-refractivity contribution in [3.63, 3.8) is 0 Å². The van der Waals surface area contributed by atoms with Gasteiger partial charge in [0.05, 0.1) is 7.11 Å². The van der Waals surface area contributed by atoms with Crippen LogP contribution in [-0.4, -0.2) is 49.7 Å². The van der Waals surface area contributed by atoms with Crippen molar-refractivity contribution in [3.8, 4) is 11.5 Å². The highest BCUT2D eigenvalue weighted by Crippen LogP contribution is 2.30. The van der Waals surface area contributed by atoms with E-state index in [2.05, 4.69) is 5.32 Å². The minimum absolute atomic E-state index is 0.115. The van der Waals surface area contributed by atoms with E-state index in [0.717, 1.165) is 0 Å². The summed E-state index contributed by atoms with van der Waals surface area (Å²) < 4.78 is 20.9. The molecule has 33 heavy (non-hydrogen) atoms. The molecule has 0 spiro atoms. The number of esters is 4. The number of nitrogens with one attached hydrogen (secondary N) is 1. The Labute approximate surface area is 195 Å². The molecular weight excluding hydrogens is 430 g/mol. The maximum absolute atomic E-state index is 12.3. The topological polar surface area (TPSA) is 117 Å². The summed E-state index contributed by atoms with van der Waals surface area (Å²) in [7, 11) is 1.28. The lowest BCUT2D eigenvalue weighted by atomic mass is 10.0. The lowest BCUT2D eigenvalue weighted by Crippen LogP contribution is -2.43. The third kappa shape index (κ3) is 10.5. The number of hydrogen-bond acceptors (Lipinski definition) is 9. The van der Waals surface area contributed by atoms with Gasteiger partial charge < -0.3 is 24.3 Å². The van der Waals surface area contributed by atoms with Crippen LogP contribution in [0.25, 0.3) is 0 Å². The van der Waals surface area contributed by atoms with Crippen LogP contribution in [0.3, 0.4) is 0 Å². The molecule has 9 heteroatoms. The quantitative estimate of drug-likeness (QED) is 0.327. The zero-order valence-corrected chi connectivity index (χ0v) is 20.1. The molecular formula is C24H35NO8. The van der Waals surface area contributed by atoms with E-state index in [1.165, 1.54) is 13.2 Å². The SMILES string of the molecule is CCCC(=O)Oc1ccc(C[C@H](NCC(C)OC(=O)CC)C(=O)OC)cc1OC(=O)CCC. The molecule has 1 unspecified atom stereocenters. The molecule has 0 fully saturated rings. The molecule has 1 rings (SSSR count). The second kappa shape index (κ2) is 15.0. The summed E-state index contributed by atoms with van der Waals surface area (Å²) >= 11 is 0. The highest BCUT2D eigenvalue weighted by Gasteiger charge is 2.22. The van der Waals surface area contributed by atoms with Gasteiger partial charge in [-0.05, 0) is 43.9 Å². The van der Waals surface area contributed by atoms with E-state index in [0.29, 0.717) is 18.4 Å². The van der Waals surface area contributed by atoms with Crippen LogP contribution >= 0.6 is 0 Å². The Morgan fingerprint density at radius 3 is 2.06 bits per heavy atom. The van der Waals surface area contributed by atoms with Crippen molar-refractivity contribution in [2.45, 2.75) is 78.4 Å². The van der Waals surface area contributed by atoms with Crippen LogP contribution in [-0.2, 0) is 35.1 Å². The van der Waals surface area contributed by atoms with Crippen LogP contribution in [0.15, 0.2) is 18.2 Å². The molecule has 0 amide bonds. The molecule has 0 heterocycles. The first-order chi connectivity index (χ1) is 15.7. The second-order valence-corrected chi connectivity index (χ2v) is 7.57. The maximum atomic E-state index is 12.3. The molecule has 9 nitrogen and oxygen atoms in total. The van der Waals surface area contributed by atoms with Crippen LogP contribution in [0.2, 0.25) is 0 Å². The average molecular weight is 466 g/mol. The van der Waals surface area contributed by atoms with E-state index in [1.807, 2.05) is 13.8 Å². The van der Waals surface area contributed by atoms with Crippen molar-refractivity contribution >= 4 is 23.9 Å². The molecule has 1 aromatic carbocycles. The Balaban J connectivity index is 3.03. The fraction of sp³-hybridized carbons (Fsp3) is 0.583. The van der Waals surface area contributed by atoms with Crippen molar-refractivity contribution in [2.75, 3.05) is 13.7 Å². The molecule has 0 aliphatic rings. The van der Waals surface area contributed by atoms with Crippen molar-refractivity contribution in [1.82, 2.24) is 5.32 Å². The van der Waals surface area contributed by atoms with E-state index < -0.39 is 30.1 Å². The number of benzene rings is 1. The lowest BCUT2D eigenvalue weighted by Gasteiger charge is -2.20. The number of methoxy groups -OCH3 is 1. The lowest BCUT2D eigenvalue weighted by molar-refractivity contribution is -0.148. The van der Waals surface area contributed by atoms with Gasteiger partial charge in [0.1, 0.15) is 12.1 Å². The number of carbonyl (C=O) groups is 4. The molecule has 0 bridgehead atoms. The highest BCUT2D eigenvalue weighted by molar-refractivity contribution is 5.77. The van der Waals surface area contributed by atoms with E-state index in [1.54, 1.807) is 26.0 Å². The Morgan fingerprint density at radius 1 is 0.909 bits per heavy atom. The van der Waals surface area contributed by atoms with Crippen molar-refractivity contribution < 1.29 is 38.1 Å². The Hall–Kier alpha value is -2.94. The van der Waals surface area contributed by atoms with Crippen molar-refractivity contribution in [1.29, 1.82) is 0 Å². The van der Waals surface area contributed by atoms with Crippen LogP contribution in [0.1, 0.15) is 65.4 Å². The third-order valence-electron chi connectivity index (χ3n) is 4.56. The fourth-order valence-corrected chi connectivity index (χ4v) is 2.87. The zero-order valence-electron chi connectivity index (χ0n) is 20.1. The molecule has 0 radical (unpaired) electrons. The first-order valence-corrected chi connectivity index (χ1v) is 11.3. The number of carbonyl (C=O) groups excluding carboxylic acids is 4. The van der Waals surface area contributed by atoms with Gasteiger partial charge in [-0.2, -0.15) is 0 Å². The molecule has 0 saturated carbocycles. The molecule has 0 aromatic heterocycles. The fourth-order valence-electron chi connectivity index (χ4n) is 2.87. The van der Waals surface area contributed by atoms with Crippen molar-refractivity contribution in [3.05, 3.63) is 23.8 Å². The number of rotatable bonds is 14. The summed E-state index contributed by atoms with van der Waals surface area (Å²) in [5.41, 5.74) is 0.658. The summed E-state index contributed by atoms with van der Waals surface area (Å²) in [4.78, 5) is 47.8. The summed E-state index contributed by atoms with van der Waals surface area (Å²) in [6.45, 7) is 7.38. The van der Waals surface area contributed by atoms with E-state index >= 15 is 0 Å².